The fraction of sp³-hybridized carbons (Fsp3) is 0.143. The molecule has 0 unspecified atom stereocenters. The SMILES string of the molecule is COc1cc(-c2ccc(-c3ccc(-c4ccc(-c5ccc(-c6ccc(I)c(OC)c6)cc5OC)c(OC)c4)cc3OC)c(OC)c2)ccc1I. The van der Waals surface area contributed by atoms with Gasteiger partial charge in [-0.15, -0.1) is 0 Å². The van der Waals surface area contributed by atoms with Gasteiger partial charge in [0.15, 0.2) is 0 Å². The molecule has 6 aromatic rings. The van der Waals surface area contributed by atoms with Crippen molar-refractivity contribution in [2.45, 2.75) is 0 Å². The molecule has 0 amide bonds. The van der Waals surface area contributed by atoms with Crippen LogP contribution in [-0.4, -0.2) is 42.7 Å². The Morgan fingerprint density at radius 1 is 0.280 bits per heavy atom. The monoisotopic (exact) mass is 890 g/mol. The van der Waals surface area contributed by atoms with Gasteiger partial charge in [-0.05, 0) is 151 Å². The van der Waals surface area contributed by atoms with Crippen LogP contribution in [0, 0.1) is 7.14 Å². The fourth-order valence-corrected chi connectivity index (χ4v) is 7.16. The van der Waals surface area contributed by atoms with Crippen molar-refractivity contribution in [2.24, 2.45) is 0 Å². The van der Waals surface area contributed by atoms with Gasteiger partial charge in [-0.25, -0.2) is 0 Å². The van der Waals surface area contributed by atoms with Gasteiger partial charge in [0, 0.05) is 22.3 Å². The molecule has 0 saturated heterocycles. The quantitative estimate of drug-likeness (QED) is 0.121. The summed E-state index contributed by atoms with van der Waals surface area (Å²) in [5.74, 6) is 4.64. The van der Waals surface area contributed by atoms with Gasteiger partial charge in [0.1, 0.15) is 34.5 Å². The molecule has 6 aromatic carbocycles. The molecule has 0 heterocycles. The first-order valence-corrected chi connectivity index (χ1v) is 17.9. The minimum absolute atomic E-state index is 0.733. The minimum Gasteiger partial charge on any atom is -0.496 e. The Morgan fingerprint density at radius 2 is 0.480 bits per heavy atom. The molecule has 0 atom stereocenters. The van der Waals surface area contributed by atoms with Crippen LogP contribution in [-0.2, 0) is 0 Å². The molecule has 0 fully saturated rings. The molecule has 50 heavy (non-hydrogen) atoms. The van der Waals surface area contributed by atoms with Gasteiger partial charge in [0.2, 0.25) is 0 Å². The van der Waals surface area contributed by atoms with E-state index in [9.17, 15) is 0 Å². The summed E-state index contributed by atoms with van der Waals surface area (Å²) in [6.07, 6.45) is 0. The highest BCUT2D eigenvalue weighted by Crippen LogP contribution is 2.44. The Bertz CT molecular complexity index is 2020. The normalized spacial score (nSPS) is 10.8. The number of hydrogen-bond acceptors (Lipinski definition) is 6. The summed E-state index contributed by atoms with van der Waals surface area (Å²) in [6, 6.07) is 37.2. The van der Waals surface area contributed by atoms with Crippen LogP contribution in [0.5, 0.6) is 34.5 Å². The van der Waals surface area contributed by atoms with Crippen LogP contribution in [0.3, 0.4) is 0 Å². The van der Waals surface area contributed by atoms with E-state index in [0.717, 1.165) is 97.3 Å². The summed E-state index contributed by atoms with van der Waals surface area (Å²) in [6.45, 7) is 0. The second-order valence-corrected chi connectivity index (χ2v) is 13.7. The number of benzene rings is 6. The maximum Gasteiger partial charge on any atom is 0.132 e. The molecular weight excluding hydrogens is 854 g/mol. The molecule has 254 valence electrons. The van der Waals surface area contributed by atoms with E-state index >= 15 is 0 Å². The second-order valence-electron chi connectivity index (χ2n) is 11.4. The average Bonchev–Trinajstić information content (AvgIpc) is 3.17. The largest absolute Gasteiger partial charge is 0.496 e. The zero-order chi connectivity index (χ0) is 35.4. The van der Waals surface area contributed by atoms with Crippen molar-refractivity contribution >= 4 is 45.2 Å². The molecule has 0 saturated carbocycles. The number of ether oxygens (including phenoxy) is 6. The van der Waals surface area contributed by atoms with Crippen LogP contribution >= 0.6 is 45.2 Å². The summed E-state index contributed by atoms with van der Waals surface area (Å²) in [4.78, 5) is 0. The van der Waals surface area contributed by atoms with Crippen molar-refractivity contribution in [2.75, 3.05) is 42.7 Å². The van der Waals surface area contributed by atoms with Crippen LogP contribution in [0.15, 0.2) is 109 Å². The maximum absolute atomic E-state index is 5.94. The Hall–Kier alpha value is -4.42. The van der Waals surface area contributed by atoms with Crippen LogP contribution in [0.1, 0.15) is 0 Å². The zero-order valence-electron chi connectivity index (χ0n) is 28.6. The first kappa shape index (κ1) is 35.4. The molecule has 0 aliphatic heterocycles. The highest BCUT2D eigenvalue weighted by molar-refractivity contribution is 14.1. The van der Waals surface area contributed by atoms with Crippen LogP contribution in [0.25, 0.3) is 55.6 Å². The standard InChI is InChI=1S/C42H36I2O6/c1-45-37-19-25(7-13-31(37)33-15-9-27(21-39(33)47-3)29-11-17-35(43)41(23-29)49-5)26-8-14-32(38(20-26)46-2)34-16-10-28(22-40(34)48-4)30-12-18-36(44)42(24-30)50-6/h7-24H,1-6H3. The molecule has 0 aromatic heterocycles. The van der Waals surface area contributed by atoms with Gasteiger partial charge in [0.05, 0.1) is 49.8 Å². The molecule has 0 aliphatic carbocycles. The van der Waals surface area contributed by atoms with E-state index in [1.54, 1.807) is 42.7 Å². The molecule has 8 heteroatoms. The average molecular weight is 891 g/mol. The smallest absolute Gasteiger partial charge is 0.132 e. The van der Waals surface area contributed by atoms with E-state index in [0.29, 0.717) is 0 Å². The van der Waals surface area contributed by atoms with Crippen LogP contribution in [0.2, 0.25) is 0 Å². The van der Waals surface area contributed by atoms with Crippen LogP contribution in [0.4, 0.5) is 0 Å². The lowest BCUT2D eigenvalue weighted by Crippen LogP contribution is -1.95. The maximum atomic E-state index is 5.94. The Balaban J connectivity index is 1.33. The van der Waals surface area contributed by atoms with Crippen molar-refractivity contribution in [3.8, 4) is 90.1 Å². The Labute approximate surface area is 320 Å². The van der Waals surface area contributed by atoms with Gasteiger partial charge in [-0.3, -0.25) is 0 Å². The molecular formula is C42H36I2O6. The number of hydrogen-bond donors (Lipinski definition) is 0. The lowest BCUT2D eigenvalue weighted by molar-refractivity contribution is 0.410. The third-order valence-corrected chi connectivity index (χ3v) is 10.5. The van der Waals surface area contributed by atoms with Crippen molar-refractivity contribution in [1.82, 2.24) is 0 Å². The van der Waals surface area contributed by atoms with Crippen molar-refractivity contribution in [1.29, 1.82) is 0 Å². The summed E-state index contributed by atoms with van der Waals surface area (Å²) >= 11 is 4.55. The number of halogens is 2. The zero-order valence-corrected chi connectivity index (χ0v) is 32.9. The molecule has 0 aliphatic rings. The number of rotatable bonds is 11. The van der Waals surface area contributed by atoms with Gasteiger partial charge in [0.25, 0.3) is 0 Å². The highest BCUT2D eigenvalue weighted by atomic mass is 127. The third kappa shape index (κ3) is 7.09. The first-order valence-electron chi connectivity index (χ1n) is 15.7. The van der Waals surface area contributed by atoms with E-state index in [1.165, 1.54) is 0 Å². The van der Waals surface area contributed by atoms with Crippen LogP contribution < -0.4 is 28.4 Å². The Morgan fingerprint density at radius 3 is 0.700 bits per heavy atom. The van der Waals surface area contributed by atoms with Gasteiger partial charge >= 0.3 is 0 Å². The predicted molar refractivity (Wildman–Crippen MR) is 218 cm³/mol. The summed E-state index contributed by atoms with van der Waals surface area (Å²) in [5.41, 5.74) is 9.87. The van der Waals surface area contributed by atoms with E-state index < -0.39 is 0 Å². The van der Waals surface area contributed by atoms with E-state index in [4.69, 9.17) is 28.4 Å². The Kier molecular flexibility index (Phi) is 11.1. The molecule has 0 spiro atoms. The topological polar surface area (TPSA) is 55.4 Å². The summed E-state index contributed by atoms with van der Waals surface area (Å²) in [7, 11) is 10.1. The first-order chi connectivity index (χ1) is 24.3. The lowest BCUT2D eigenvalue weighted by Gasteiger charge is -2.17. The van der Waals surface area contributed by atoms with E-state index in [1.807, 2.05) is 36.4 Å². The van der Waals surface area contributed by atoms with Crippen molar-refractivity contribution in [3.63, 3.8) is 0 Å². The molecule has 6 rings (SSSR count). The second kappa shape index (κ2) is 15.6. The molecule has 0 N–H and O–H groups in total. The lowest BCUT2D eigenvalue weighted by atomic mass is 9.94. The third-order valence-electron chi connectivity index (χ3n) is 8.69. The van der Waals surface area contributed by atoms with E-state index in [-0.39, 0.29) is 0 Å². The van der Waals surface area contributed by atoms with Gasteiger partial charge < -0.3 is 28.4 Å². The van der Waals surface area contributed by atoms with Crippen molar-refractivity contribution in [3.05, 3.63) is 116 Å². The van der Waals surface area contributed by atoms with Crippen molar-refractivity contribution < 1.29 is 28.4 Å². The predicted octanol–water partition coefficient (Wildman–Crippen LogP) is 11.3. The molecule has 6 nitrogen and oxygen atoms in total. The fourth-order valence-electron chi connectivity index (χ4n) is 6.05. The summed E-state index contributed by atoms with van der Waals surface area (Å²) in [5, 5.41) is 0. The summed E-state index contributed by atoms with van der Waals surface area (Å²) < 4.78 is 36.9. The van der Waals surface area contributed by atoms with E-state index in [2.05, 4.69) is 118 Å². The molecule has 0 radical (unpaired) electrons. The minimum atomic E-state index is 0.733. The highest BCUT2D eigenvalue weighted by Gasteiger charge is 2.18. The molecule has 0 bridgehead atoms. The van der Waals surface area contributed by atoms with Gasteiger partial charge in [-0.1, -0.05) is 36.4 Å². The number of methoxy groups -OCH3 is 6. The van der Waals surface area contributed by atoms with Gasteiger partial charge in [-0.2, -0.15) is 0 Å².